The first kappa shape index (κ1) is 12.6. The fourth-order valence-electron chi connectivity index (χ4n) is 2.47. The summed E-state index contributed by atoms with van der Waals surface area (Å²) in [5.41, 5.74) is 2.26. The van der Waals surface area contributed by atoms with E-state index in [-0.39, 0.29) is 6.10 Å². The molecule has 1 atom stereocenters. The van der Waals surface area contributed by atoms with Crippen molar-refractivity contribution in [3.05, 3.63) is 35.4 Å². The number of benzene rings is 1. The first-order chi connectivity index (χ1) is 8.15. The van der Waals surface area contributed by atoms with Crippen LogP contribution < -0.4 is 0 Å². The zero-order valence-electron chi connectivity index (χ0n) is 10.9. The summed E-state index contributed by atoms with van der Waals surface area (Å²) >= 11 is 0. The molecule has 0 aliphatic carbocycles. The molecular weight excluding hydrogens is 210 g/mol. The first-order valence-electron chi connectivity index (χ1n) is 6.62. The Kier molecular flexibility index (Phi) is 4.19. The van der Waals surface area contributed by atoms with Crippen LogP contribution in [0.2, 0.25) is 0 Å². The topological polar surface area (TPSA) is 23.5 Å². The van der Waals surface area contributed by atoms with Gasteiger partial charge in [-0.25, -0.2) is 0 Å². The van der Waals surface area contributed by atoms with Crippen molar-refractivity contribution in [2.45, 2.75) is 32.8 Å². The van der Waals surface area contributed by atoms with Gasteiger partial charge in [0, 0.05) is 6.54 Å². The molecule has 0 radical (unpaired) electrons. The van der Waals surface area contributed by atoms with Crippen LogP contribution >= 0.6 is 0 Å². The van der Waals surface area contributed by atoms with Crippen LogP contribution in [0.25, 0.3) is 0 Å². The van der Waals surface area contributed by atoms with E-state index in [0.29, 0.717) is 0 Å². The average Bonchev–Trinajstić information content (AvgIpc) is 2.32. The van der Waals surface area contributed by atoms with Gasteiger partial charge in [0.05, 0.1) is 6.10 Å². The molecule has 1 aliphatic heterocycles. The van der Waals surface area contributed by atoms with Crippen LogP contribution in [0.5, 0.6) is 0 Å². The lowest BCUT2D eigenvalue weighted by Gasteiger charge is -2.31. The van der Waals surface area contributed by atoms with E-state index in [1.165, 1.54) is 18.4 Å². The highest BCUT2D eigenvalue weighted by atomic mass is 16.3. The number of hydrogen-bond acceptors (Lipinski definition) is 2. The van der Waals surface area contributed by atoms with Gasteiger partial charge in [0.1, 0.15) is 0 Å². The average molecular weight is 233 g/mol. The molecule has 0 spiro atoms. The van der Waals surface area contributed by atoms with Gasteiger partial charge >= 0.3 is 0 Å². The molecule has 17 heavy (non-hydrogen) atoms. The van der Waals surface area contributed by atoms with Crippen molar-refractivity contribution in [2.75, 3.05) is 19.6 Å². The van der Waals surface area contributed by atoms with Gasteiger partial charge in [-0.3, -0.25) is 0 Å². The summed E-state index contributed by atoms with van der Waals surface area (Å²) in [6, 6.07) is 8.19. The minimum atomic E-state index is -0.344. The third-order valence-corrected chi connectivity index (χ3v) is 3.73. The number of aliphatic hydroxyl groups excluding tert-OH is 1. The van der Waals surface area contributed by atoms with Crippen LogP contribution in [0, 0.1) is 12.8 Å². The predicted molar refractivity (Wildman–Crippen MR) is 71.0 cm³/mol. The number of piperidine rings is 1. The number of β-amino-alcohol motifs (C(OH)–C–C–N with tert-alkyl or cyclic N) is 1. The van der Waals surface area contributed by atoms with Crippen molar-refractivity contribution >= 4 is 0 Å². The summed E-state index contributed by atoms with van der Waals surface area (Å²) in [6.07, 6.45) is 2.18. The predicted octanol–water partition coefficient (Wildman–Crippen LogP) is 2.76. The number of nitrogens with zero attached hydrogens (tertiary/aromatic N) is 1. The molecule has 2 rings (SSSR count). The molecule has 1 fully saturated rings. The van der Waals surface area contributed by atoms with E-state index in [1.54, 1.807) is 0 Å². The van der Waals surface area contributed by atoms with E-state index in [2.05, 4.69) is 30.9 Å². The SMILES string of the molecule is Cc1cccc(C(O)CN2CCC(C)CC2)c1. The number of rotatable bonds is 3. The lowest BCUT2D eigenvalue weighted by atomic mass is 9.98. The van der Waals surface area contributed by atoms with E-state index < -0.39 is 0 Å². The second kappa shape index (κ2) is 5.65. The van der Waals surface area contributed by atoms with Gasteiger partial charge in [0.2, 0.25) is 0 Å². The van der Waals surface area contributed by atoms with E-state index in [4.69, 9.17) is 0 Å². The van der Waals surface area contributed by atoms with Gasteiger partial charge in [-0.1, -0.05) is 36.8 Å². The van der Waals surface area contributed by atoms with Crippen LogP contribution in [0.15, 0.2) is 24.3 Å². The summed E-state index contributed by atoms with van der Waals surface area (Å²) in [6.45, 7) is 7.41. The fraction of sp³-hybridized carbons (Fsp3) is 0.600. The molecule has 1 unspecified atom stereocenters. The summed E-state index contributed by atoms with van der Waals surface area (Å²) < 4.78 is 0. The Labute approximate surface area is 104 Å². The maximum Gasteiger partial charge on any atom is 0.0917 e. The first-order valence-corrected chi connectivity index (χ1v) is 6.62. The number of aryl methyl sites for hydroxylation is 1. The van der Waals surface area contributed by atoms with Gasteiger partial charge in [-0.2, -0.15) is 0 Å². The Bertz CT molecular complexity index is 356. The molecule has 0 saturated carbocycles. The fourth-order valence-corrected chi connectivity index (χ4v) is 2.47. The maximum atomic E-state index is 10.2. The van der Waals surface area contributed by atoms with Crippen LogP contribution in [0.4, 0.5) is 0 Å². The van der Waals surface area contributed by atoms with Gasteiger partial charge < -0.3 is 10.0 Å². The van der Waals surface area contributed by atoms with E-state index in [9.17, 15) is 5.11 Å². The molecule has 1 saturated heterocycles. The van der Waals surface area contributed by atoms with E-state index >= 15 is 0 Å². The van der Waals surface area contributed by atoms with Crippen LogP contribution in [-0.4, -0.2) is 29.6 Å². The van der Waals surface area contributed by atoms with Crippen molar-refractivity contribution in [3.8, 4) is 0 Å². The monoisotopic (exact) mass is 233 g/mol. The Morgan fingerprint density at radius 2 is 2.06 bits per heavy atom. The van der Waals surface area contributed by atoms with Gasteiger partial charge in [0.15, 0.2) is 0 Å². The van der Waals surface area contributed by atoms with Gasteiger partial charge in [-0.05, 0) is 44.3 Å². The Morgan fingerprint density at radius 3 is 2.71 bits per heavy atom. The largest absolute Gasteiger partial charge is 0.387 e. The molecule has 1 aromatic rings. The molecule has 1 aromatic carbocycles. The van der Waals surface area contributed by atoms with Crippen molar-refractivity contribution in [1.82, 2.24) is 4.90 Å². The zero-order chi connectivity index (χ0) is 12.3. The number of hydrogen-bond donors (Lipinski definition) is 1. The van der Waals surface area contributed by atoms with Crippen LogP contribution in [-0.2, 0) is 0 Å². The van der Waals surface area contributed by atoms with Crippen molar-refractivity contribution in [2.24, 2.45) is 5.92 Å². The summed E-state index contributed by atoms with van der Waals surface area (Å²) in [7, 11) is 0. The van der Waals surface area contributed by atoms with E-state index in [0.717, 1.165) is 31.1 Å². The Hall–Kier alpha value is -0.860. The summed E-state index contributed by atoms with van der Waals surface area (Å²) in [5.74, 6) is 0.849. The summed E-state index contributed by atoms with van der Waals surface area (Å²) in [5, 5.41) is 10.2. The number of aliphatic hydroxyl groups is 1. The smallest absolute Gasteiger partial charge is 0.0917 e. The molecule has 0 aromatic heterocycles. The Balaban J connectivity index is 1.90. The minimum Gasteiger partial charge on any atom is -0.387 e. The van der Waals surface area contributed by atoms with Gasteiger partial charge in [-0.15, -0.1) is 0 Å². The van der Waals surface area contributed by atoms with Crippen LogP contribution in [0.1, 0.15) is 37.0 Å². The lowest BCUT2D eigenvalue weighted by molar-refractivity contribution is 0.0916. The molecule has 2 nitrogen and oxygen atoms in total. The maximum absolute atomic E-state index is 10.2. The zero-order valence-corrected chi connectivity index (χ0v) is 10.9. The molecule has 1 N–H and O–H groups in total. The quantitative estimate of drug-likeness (QED) is 0.867. The minimum absolute atomic E-state index is 0.344. The van der Waals surface area contributed by atoms with Crippen molar-refractivity contribution in [3.63, 3.8) is 0 Å². The van der Waals surface area contributed by atoms with Crippen molar-refractivity contribution < 1.29 is 5.11 Å². The van der Waals surface area contributed by atoms with Gasteiger partial charge in [0.25, 0.3) is 0 Å². The molecule has 1 heterocycles. The summed E-state index contributed by atoms with van der Waals surface area (Å²) in [4.78, 5) is 2.38. The van der Waals surface area contributed by atoms with Crippen LogP contribution in [0.3, 0.4) is 0 Å². The second-order valence-electron chi connectivity index (χ2n) is 5.41. The van der Waals surface area contributed by atoms with E-state index in [1.807, 2.05) is 12.1 Å². The Morgan fingerprint density at radius 1 is 1.35 bits per heavy atom. The highest BCUT2D eigenvalue weighted by molar-refractivity contribution is 5.24. The molecule has 0 amide bonds. The normalized spacial score (nSPS) is 20.4. The number of likely N-dealkylation sites (tertiary alicyclic amines) is 1. The molecule has 94 valence electrons. The third kappa shape index (κ3) is 3.55. The van der Waals surface area contributed by atoms with Crippen molar-refractivity contribution in [1.29, 1.82) is 0 Å². The highest BCUT2D eigenvalue weighted by Gasteiger charge is 2.18. The standard InChI is InChI=1S/C15H23NO/c1-12-6-8-16(9-7-12)11-15(17)14-5-3-4-13(2)10-14/h3-5,10,12,15,17H,6-9,11H2,1-2H3. The molecule has 1 aliphatic rings. The molecule has 0 bridgehead atoms. The molecule has 2 heteroatoms. The third-order valence-electron chi connectivity index (χ3n) is 3.73. The second-order valence-corrected chi connectivity index (χ2v) is 5.41. The lowest BCUT2D eigenvalue weighted by Crippen LogP contribution is -2.35. The molecular formula is C15H23NO. The highest BCUT2D eigenvalue weighted by Crippen LogP contribution is 2.20.